The van der Waals surface area contributed by atoms with Crippen LogP contribution in [0.25, 0.3) is 0 Å². The minimum atomic E-state index is -3.74. The highest BCUT2D eigenvalue weighted by atomic mass is 35.5. The molecule has 7 heteroatoms. The van der Waals surface area contributed by atoms with Crippen LogP contribution in [0.4, 0.5) is 4.39 Å². The second-order valence-electron chi connectivity index (χ2n) is 5.48. The fourth-order valence-corrected chi connectivity index (χ4v) is 4.71. The Morgan fingerprint density at radius 1 is 1.22 bits per heavy atom. The predicted octanol–water partition coefficient (Wildman–Crippen LogP) is 2.76. The first-order valence-electron chi connectivity index (χ1n) is 7.02. The molecular formula is C16H15ClFNO3S. The maximum Gasteiger partial charge on any atom is 0.243 e. The summed E-state index contributed by atoms with van der Waals surface area (Å²) in [4.78, 5) is 0.0749. The highest BCUT2D eigenvalue weighted by Gasteiger charge is 2.41. The molecule has 2 aromatic carbocycles. The molecule has 3 rings (SSSR count). The van der Waals surface area contributed by atoms with E-state index in [1.54, 1.807) is 18.2 Å². The summed E-state index contributed by atoms with van der Waals surface area (Å²) in [6.07, 6.45) is -1.08. The summed E-state index contributed by atoms with van der Waals surface area (Å²) >= 11 is 6.03. The smallest absolute Gasteiger partial charge is 0.243 e. The number of hydrogen-bond donors (Lipinski definition) is 1. The van der Waals surface area contributed by atoms with Crippen LogP contribution >= 0.6 is 11.6 Å². The Balaban J connectivity index is 2.08. The van der Waals surface area contributed by atoms with Gasteiger partial charge in [0.15, 0.2) is 0 Å². The lowest BCUT2D eigenvalue weighted by Crippen LogP contribution is -2.46. The van der Waals surface area contributed by atoms with E-state index < -0.39 is 28.0 Å². The fourth-order valence-electron chi connectivity index (χ4n) is 2.88. The van der Waals surface area contributed by atoms with E-state index in [9.17, 15) is 17.9 Å². The van der Waals surface area contributed by atoms with Crippen LogP contribution in [0.2, 0.25) is 5.02 Å². The number of nitrogens with zero attached hydrogens (tertiary/aromatic N) is 1. The van der Waals surface area contributed by atoms with Crippen molar-refractivity contribution in [2.24, 2.45) is 0 Å². The monoisotopic (exact) mass is 355 g/mol. The molecule has 1 aliphatic rings. The van der Waals surface area contributed by atoms with Gasteiger partial charge < -0.3 is 5.11 Å². The van der Waals surface area contributed by atoms with Crippen LogP contribution in [0.5, 0.6) is 0 Å². The van der Waals surface area contributed by atoms with Crippen LogP contribution in [0.15, 0.2) is 47.4 Å². The molecule has 0 amide bonds. The molecule has 0 bridgehead atoms. The summed E-state index contributed by atoms with van der Waals surface area (Å²) in [6.45, 7) is 0. The molecule has 23 heavy (non-hydrogen) atoms. The van der Waals surface area contributed by atoms with E-state index in [0.29, 0.717) is 5.56 Å². The molecular weight excluding hydrogens is 341 g/mol. The van der Waals surface area contributed by atoms with E-state index in [2.05, 4.69) is 0 Å². The van der Waals surface area contributed by atoms with Gasteiger partial charge in [-0.25, -0.2) is 12.8 Å². The van der Waals surface area contributed by atoms with E-state index in [4.69, 9.17) is 11.6 Å². The van der Waals surface area contributed by atoms with Crippen LogP contribution in [0.1, 0.15) is 17.2 Å². The lowest BCUT2D eigenvalue weighted by atomic mass is 9.95. The zero-order valence-corrected chi connectivity index (χ0v) is 13.9. The van der Waals surface area contributed by atoms with Gasteiger partial charge in [0.1, 0.15) is 5.82 Å². The maximum absolute atomic E-state index is 14.0. The zero-order chi connectivity index (χ0) is 16.8. The first-order chi connectivity index (χ1) is 10.8. The van der Waals surface area contributed by atoms with Gasteiger partial charge in [0, 0.05) is 23.2 Å². The summed E-state index contributed by atoms with van der Waals surface area (Å²) in [7, 11) is -2.36. The number of fused-ring (bicyclic) bond motifs is 1. The first kappa shape index (κ1) is 16.4. The van der Waals surface area contributed by atoms with Gasteiger partial charge in [-0.2, -0.15) is 4.31 Å². The van der Waals surface area contributed by atoms with Crippen LogP contribution in [-0.4, -0.2) is 30.9 Å². The molecule has 1 N–H and O–H groups in total. The van der Waals surface area contributed by atoms with Crippen molar-refractivity contribution in [3.8, 4) is 0 Å². The van der Waals surface area contributed by atoms with Gasteiger partial charge in [0.05, 0.1) is 17.0 Å². The molecule has 0 saturated carbocycles. The average Bonchev–Trinajstić information content (AvgIpc) is 2.52. The molecule has 0 fully saturated rings. The number of benzene rings is 2. The predicted molar refractivity (Wildman–Crippen MR) is 85.3 cm³/mol. The minimum absolute atomic E-state index is 0.0171. The molecule has 0 unspecified atom stereocenters. The van der Waals surface area contributed by atoms with Gasteiger partial charge in [0.2, 0.25) is 10.0 Å². The van der Waals surface area contributed by atoms with Crippen LogP contribution in [-0.2, 0) is 16.4 Å². The third-order valence-corrected chi connectivity index (χ3v) is 6.51. The summed E-state index contributed by atoms with van der Waals surface area (Å²) < 4.78 is 40.3. The van der Waals surface area contributed by atoms with Crippen molar-refractivity contribution in [1.82, 2.24) is 4.31 Å². The molecule has 2 aromatic rings. The molecule has 0 spiro atoms. The topological polar surface area (TPSA) is 57.6 Å². The number of likely N-dealkylation sites (N-methyl/N-ethyl adjacent to an activating group) is 1. The number of aliphatic hydroxyl groups excluding tert-OH is 1. The summed E-state index contributed by atoms with van der Waals surface area (Å²) in [5, 5.41) is 10.8. The van der Waals surface area contributed by atoms with Crippen molar-refractivity contribution in [3.05, 3.63) is 64.4 Å². The number of halogens is 2. The quantitative estimate of drug-likeness (QED) is 0.901. The Hall–Kier alpha value is -1.47. The van der Waals surface area contributed by atoms with E-state index >= 15 is 0 Å². The maximum atomic E-state index is 14.0. The van der Waals surface area contributed by atoms with Crippen LogP contribution < -0.4 is 0 Å². The highest BCUT2D eigenvalue weighted by Crippen LogP contribution is 2.37. The van der Waals surface area contributed by atoms with Crippen molar-refractivity contribution >= 4 is 21.6 Å². The van der Waals surface area contributed by atoms with Crippen molar-refractivity contribution < 1.29 is 17.9 Å². The van der Waals surface area contributed by atoms with E-state index in [0.717, 1.165) is 4.31 Å². The largest absolute Gasteiger partial charge is 0.387 e. The van der Waals surface area contributed by atoms with E-state index in [1.165, 1.54) is 31.3 Å². The molecule has 122 valence electrons. The summed E-state index contributed by atoms with van der Waals surface area (Å²) in [5.41, 5.74) is 0.516. The highest BCUT2D eigenvalue weighted by molar-refractivity contribution is 7.89. The Kier molecular flexibility index (Phi) is 4.18. The third kappa shape index (κ3) is 2.65. The number of sulfonamides is 1. The summed E-state index contributed by atoms with van der Waals surface area (Å²) in [6, 6.07) is 9.74. The van der Waals surface area contributed by atoms with Crippen LogP contribution in [0.3, 0.4) is 0 Å². The lowest BCUT2D eigenvalue weighted by molar-refractivity contribution is 0.0887. The van der Waals surface area contributed by atoms with Gasteiger partial charge in [-0.15, -0.1) is 0 Å². The molecule has 4 nitrogen and oxygen atoms in total. The van der Waals surface area contributed by atoms with Gasteiger partial charge in [-0.1, -0.05) is 35.9 Å². The molecule has 1 heterocycles. The van der Waals surface area contributed by atoms with Crippen molar-refractivity contribution in [2.45, 2.75) is 23.5 Å². The normalized spacial score (nSPS) is 23.5. The lowest BCUT2D eigenvalue weighted by Gasteiger charge is -2.37. The van der Waals surface area contributed by atoms with Crippen LogP contribution in [0, 0.1) is 5.82 Å². The number of rotatable bonds is 2. The van der Waals surface area contributed by atoms with Crippen molar-refractivity contribution in [1.29, 1.82) is 0 Å². The standard InChI is InChI=1S/C16H15ClFNO3S/c1-19-14(9-11-12(17)6-4-7-13(11)18)16(20)10-5-2-3-8-15(10)23(19,21)22/h2-8,14,16,20H,9H2,1H3/t14-,16-/m0/s1. The molecule has 0 aromatic heterocycles. The zero-order valence-electron chi connectivity index (χ0n) is 12.3. The second kappa shape index (κ2) is 5.87. The number of hydrogen-bond acceptors (Lipinski definition) is 3. The Labute approximate surface area is 139 Å². The molecule has 1 aliphatic heterocycles. The minimum Gasteiger partial charge on any atom is -0.387 e. The summed E-state index contributed by atoms with van der Waals surface area (Å²) in [5.74, 6) is -0.519. The van der Waals surface area contributed by atoms with Crippen molar-refractivity contribution in [3.63, 3.8) is 0 Å². The average molecular weight is 356 g/mol. The first-order valence-corrected chi connectivity index (χ1v) is 8.83. The van der Waals surface area contributed by atoms with Gasteiger partial charge in [-0.3, -0.25) is 0 Å². The fraction of sp³-hybridized carbons (Fsp3) is 0.250. The second-order valence-corrected chi connectivity index (χ2v) is 7.85. The van der Waals surface area contributed by atoms with Gasteiger partial charge in [0.25, 0.3) is 0 Å². The Bertz CT molecular complexity index is 836. The SMILES string of the molecule is CN1[C@@H](Cc2c(F)cccc2Cl)[C@@H](O)c2ccccc2S1(=O)=O. The molecule has 0 saturated heterocycles. The molecule has 2 atom stereocenters. The molecule has 0 aliphatic carbocycles. The van der Waals surface area contributed by atoms with Crippen molar-refractivity contribution in [2.75, 3.05) is 7.05 Å². The Morgan fingerprint density at radius 2 is 1.91 bits per heavy atom. The number of aliphatic hydroxyl groups is 1. The van der Waals surface area contributed by atoms with Gasteiger partial charge >= 0.3 is 0 Å². The van der Waals surface area contributed by atoms with Gasteiger partial charge in [-0.05, 0) is 24.6 Å². The molecule has 0 radical (unpaired) electrons. The van der Waals surface area contributed by atoms with E-state index in [1.807, 2.05) is 0 Å². The third-order valence-electron chi connectivity index (χ3n) is 4.20. The Morgan fingerprint density at radius 3 is 2.61 bits per heavy atom. The van der Waals surface area contributed by atoms with E-state index in [-0.39, 0.29) is 21.9 Å².